The van der Waals surface area contributed by atoms with E-state index in [2.05, 4.69) is 0 Å². The first-order valence-corrected chi connectivity index (χ1v) is 7.60. The topological polar surface area (TPSA) is 115 Å². The summed E-state index contributed by atoms with van der Waals surface area (Å²) in [7, 11) is 0. The summed E-state index contributed by atoms with van der Waals surface area (Å²) in [5.74, 6) is -1.93. The molecule has 6 nitrogen and oxygen atoms in total. The van der Waals surface area contributed by atoms with Gasteiger partial charge in [-0.05, 0) is 24.3 Å². The first-order chi connectivity index (χ1) is 12.4. The Morgan fingerprint density at radius 2 is 0.885 bits per heavy atom. The highest BCUT2D eigenvalue weighted by atomic mass is 16.3. The van der Waals surface area contributed by atoms with Crippen molar-refractivity contribution in [3.8, 4) is 23.0 Å². The predicted octanol–water partition coefficient (Wildman–Crippen LogP) is 2.97. The summed E-state index contributed by atoms with van der Waals surface area (Å²) in [5.41, 5.74) is 0.547. The summed E-state index contributed by atoms with van der Waals surface area (Å²) >= 11 is 0. The van der Waals surface area contributed by atoms with Crippen LogP contribution in [-0.4, -0.2) is 32.0 Å². The number of ketones is 2. The number of phenols is 4. The number of aromatic hydroxyl groups is 4. The van der Waals surface area contributed by atoms with Gasteiger partial charge in [0.05, 0.1) is 11.1 Å². The molecule has 26 heavy (non-hydrogen) atoms. The Morgan fingerprint density at radius 1 is 0.538 bits per heavy atom. The molecule has 0 radical (unpaired) electrons. The van der Waals surface area contributed by atoms with Crippen LogP contribution in [0, 0.1) is 0 Å². The molecule has 0 spiro atoms. The van der Waals surface area contributed by atoms with Gasteiger partial charge in [0.15, 0.2) is 11.6 Å². The maximum Gasteiger partial charge on any atom is 0.196 e. The molecule has 130 valence electrons. The van der Waals surface area contributed by atoms with Crippen LogP contribution in [0.25, 0.3) is 0 Å². The van der Waals surface area contributed by atoms with Gasteiger partial charge in [0.1, 0.15) is 23.0 Å². The molecule has 0 heterocycles. The molecule has 0 aromatic heterocycles. The van der Waals surface area contributed by atoms with Crippen molar-refractivity contribution in [2.24, 2.45) is 0 Å². The number of hydrogen-bond donors (Lipinski definition) is 4. The second kappa shape index (κ2) is 6.60. The van der Waals surface area contributed by atoms with Crippen LogP contribution in [0.1, 0.15) is 31.8 Å². The first kappa shape index (κ1) is 17.0. The molecule has 0 unspecified atom stereocenters. The summed E-state index contributed by atoms with van der Waals surface area (Å²) < 4.78 is 0. The molecule has 3 aromatic carbocycles. The number of carbonyl (C=O) groups is 2. The van der Waals surface area contributed by atoms with Gasteiger partial charge in [0.25, 0.3) is 0 Å². The van der Waals surface area contributed by atoms with E-state index in [9.17, 15) is 30.0 Å². The van der Waals surface area contributed by atoms with Gasteiger partial charge >= 0.3 is 0 Å². The fraction of sp³-hybridized carbons (Fsp3) is 0. The summed E-state index contributed by atoms with van der Waals surface area (Å²) in [5, 5.41) is 38.1. The number of rotatable bonds is 4. The third kappa shape index (κ3) is 3.21. The van der Waals surface area contributed by atoms with Crippen molar-refractivity contribution in [1.29, 1.82) is 0 Å². The lowest BCUT2D eigenvalue weighted by atomic mass is 9.98. The lowest BCUT2D eigenvalue weighted by Crippen LogP contribution is -2.05. The molecule has 0 saturated heterocycles. The zero-order valence-corrected chi connectivity index (χ0v) is 13.4. The third-order valence-electron chi connectivity index (χ3n) is 3.86. The largest absolute Gasteiger partial charge is 0.508 e. The van der Waals surface area contributed by atoms with E-state index in [1.807, 2.05) is 0 Å². The standard InChI is InChI=1S/C20H14O6/c21-13-5-7-15(17(23)9-13)19(25)11-1-2-12(4-3-11)20(26)16-8-6-14(22)10-18(16)24/h1-10,21-24H. The predicted molar refractivity (Wildman–Crippen MR) is 92.9 cm³/mol. The van der Waals surface area contributed by atoms with Crippen molar-refractivity contribution in [2.75, 3.05) is 0 Å². The molecule has 0 bridgehead atoms. The SMILES string of the molecule is O=C(c1ccc(C(=O)c2ccc(O)cc2O)cc1)c1ccc(O)cc1O. The van der Waals surface area contributed by atoms with Crippen molar-refractivity contribution in [1.82, 2.24) is 0 Å². The van der Waals surface area contributed by atoms with E-state index < -0.39 is 11.6 Å². The van der Waals surface area contributed by atoms with E-state index in [1.165, 1.54) is 48.5 Å². The van der Waals surface area contributed by atoms with Gasteiger partial charge in [-0.3, -0.25) is 9.59 Å². The molecular formula is C20H14O6. The summed E-state index contributed by atoms with van der Waals surface area (Å²) in [6, 6.07) is 13.0. The zero-order valence-electron chi connectivity index (χ0n) is 13.4. The number of hydrogen-bond acceptors (Lipinski definition) is 6. The molecule has 0 amide bonds. The van der Waals surface area contributed by atoms with Gasteiger partial charge in [-0.1, -0.05) is 24.3 Å². The Bertz CT molecular complexity index is 923. The minimum Gasteiger partial charge on any atom is -0.508 e. The van der Waals surface area contributed by atoms with Crippen LogP contribution >= 0.6 is 0 Å². The van der Waals surface area contributed by atoms with Crippen LogP contribution in [0.3, 0.4) is 0 Å². The fourth-order valence-electron chi connectivity index (χ4n) is 2.51. The Hall–Kier alpha value is -3.80. The third-order valence-corrected chi connectivity index (χ3v) is 3.86. The average molecular weight is 350 g/mol. The van der Waals surface area contributed by atoms with Crippen molar-refractivity contribution in [3.05, 3.63) is 82.9 Å². The minimum absolute atomic E-state index is 0.0260. The lowest BCUT2D eigenvalue weighted by molar-refractivity contribution is 0.102. The molecule has 3 rings (SSSR count). The van der Waals surface area contributed by atoms with Crippen LogP contribution in [0.4, 0.5) is 0 Å². The van der Waals surface area contributed by atoms with Crippen LogP contribution < -0.4 is 0 Å². The van der Waals surface area contributed by atoms with E-state index in [0.29, 0.717) is 0 Å². The summed E-state index contributed by atoms with van der Waals surface area (Å²) in [4.78, 5) is 24.9. The molecule has 6 heteroatoms. The Morgan fingerprint density at radius 3 is 1.19 bits per heavy atom. The van der Waals surface area contributed by atoms with E-state index >= 15 is 0 Å². The van der Waals surface area contributed by atoms with Gasteiger partial charge in [-0.2, -0.15) is 0 Å². The number of phenolic OH excluding ortho intramolecular Hbond substituents is 4. The maximum absolute atomic E-state index is 12.4. The van der Waals surface area contributed by atoms with Crippen molar-refractivity contribution in [3.63, 3.8) is 0 Å². The zero-order chi connectivity index (χ0) is 18.8. The van der Waals surface area contributed by atoms with Crippen LogP contribution in [0.5, 0.6) is 23.0 Å². The van der Waals surface area contributed by atoms with E-state index in [-0.39, 0.29) is 45.3 Å². The van der Waals surface area contributed by atoms with E-state index in [0.717, 1.165) is 12.1 Å². The normalized spacial score (nSPS) is 10.5. The molecule has 0 saturated carbocycles. The molecule has 0 aliphatic rings. The monoisotopic (exact) mass is 350 g/mol. The molecular weight excluding hydrogens is 336 g/mol. The Kier molecular flexibility index (Phi) is 4.33. The lowest BCUT2D eigenvalue weighted by Gasteiger charge is -2.07. The highest BCUT2D eigenvalue weighted by Crippen LogP contribution is 2.27. The van der Waals surface area contributed by atoms with Crippen molar-refractivity contribution in [2.45, 2.75) is 0 Å². The van der Waals surface area contributed by atoms with E-state index in [1.54, 1.807) is 0 Å². The highest BCUT2D eigenvalue weighted by molar-refractivity contribution is 6.13. The maximum atomic E-state index is 12.4. The number of benzene rings is 3. The van der Waals surface area contributed by atoms with Crippen molar-refractivity contribution < 1.29 is 30.0 Å². The van der Waals surface area contributed by atoms with E-state index in [4.69, 9.17) is 0 Å². The van der Waals surface area contributed by atoms with Gasteiger partial charge in [-0.25, -0.2) is 0 Å². The van der Waals surface area contributed by atoms with Crippen LogP contribution in [0.2, 0.25) is 0 Å². The molecule has 0 fully saturated rings. The highest BCUT2D eigenvalue weighted by Gasteiger charge is 2.17. The second-order valence-corrected chi connectivity index (χ2v) is 5.64. The average Bonchev–Trinajstić information content (AvgIpc) is 2.61. The smallest absolute Gasteiger partial charge is 0.196 e. The number of carbonyl (C=O) groups excluding carboxylic acids is 2. The summed E-state index contributed by atoms with van der Waals surface area (Å²) in [6.07, 6.45) is 0. The van der Waals surface area contributed by atoms with Crippen molar-refractivity contribution >= 4 is 11.6 Å². The molecule has 3 aromatic rings. The minimum atomic E-state index is -0.464. The van der Waals surface area contributed by atoms with Gasteiger partial charge in [0, 0.05) is 23.3 Å². The summed E-state index contributed by atoms with van der Waals surface area (Å²) in [6.45, 7) is 0. The van der Waals surface area contributed by atoms with Crippen LogP contribution in [0.15, 0.2) is 60.7 Å². The van der Waals surface area contributed by atoms with Gasteiger partial charge in [-0.15, -0.1) is 0 Å². The quantitative estimate of drug-likeness (QED) is 0.538. The van der Waals surface area contributed by atoms with Gasteiger partial charge in [0.2, 0.25) is 0 Å². The molecule has 0 aliphatic carbocycles. The molecule has 0 aliphatic heterocycles. The first-order valence-electron chi connectivity index (χ1n) is 7.60. The second-order valence-electron chi connectivity index (χ2n) is 5.64. The van der Waals surface area contributed by atoms with Crippen LogP contribution in [-0.2, 0) is 0 Å². The molecule has 4 N–H and O–H groups in total. The Balaban J connectivity index is 1.88. The Labute approximate surface area is 148 Å². The molecule has 0 atom stereocenters. The fourth-order valence-corrected chi connectivity index (χ4v) is 2.51. The van der Waals surface area contributed by atoms with Gasteiger partial charge < -0.3 is 20.4 Å².